The van der Waals surface area contributed by atoms with Crippen LogP contribution in [0.5, 0.6) is 0 Å². The van der Waals surface area contributed by atoms with Crippen molar-refractivity contribution in [2.45, 2.75) is 11.3 Å². The summed E-state index contributed by atoms with van der Waals surface area (Å²) in [4.78, 5) is 12.4. The molecule has 1 aliphatic rings. The molecule has 1 amide bonds. The van der Waals surface area contributed by atoms with E-state index in [4.69, 9.17) is 11.6 Å². The molecule has 1 N–H and O–H groups in total. The molecule has 0 saturated carbocycles. The second-order valence-corrected chi connectivity index (χ2v) is 8.12. The van der Waals surface area contributed by atoms with Gasteiger partial charge in [0.2, 0.25) is 5.91 Å². The lowest BCUT2D eigenvalue weighted by Crippen LogP contribution is -2.15. The Balaban J connectivity index is 2.16. The fraction of sp³-hybridized carbons (Fsp3) is 0.167. The first-order chi connectivity index (χ1) is 11.4. The number of carbonyl (C=O) groups is 1. The van der Waals surface area contributed by atoms with E-state index in [1.54, 1.807) is 36.4 Å². The van der Waals surface area contributed by atoms with Crippen molar-refractivity contribution < 1.29 is 13.2 Å². The van der Waals surface area contributed by atoms with Gasteiger partial charge in [-0.1, -0.05) is 35.9 Å². The molecule has 24 heavy (non-hydrogen) atoms. The summed E-state index contributed by atoms with van der Waals surface area (Å²) in [7, 11) is -3.26. The number of rotatable bonds is 3. The highest BCUT2D eigenvalue weighted by Gasteiger charge is 2.23. The molecule has 1 fully saturated rings. The van der Waals surface area contributed by atoms with Crippen molar-refractivity contribution in [3.8, 4) is 0 Å². The normalized spacial score (nSPS) is 16.8. The quantitative estimate of drug-likeness (QED) is 0.854. The predicted octanol–water partition coefficient (Wildman–Crippen LogP) is 3.07. The van der Waals surface area contributed by atoms with Gasteiger partial charge < -0.3 is 5.32 Å². The molecule has 0 aromatic heterocycles. The molecular formula is C18H16ClNO3S. The highest BCUT2D eigenvalue weighted by atomic mass is 35.5. The Morgan fingerprint density at radius 3 is 2.00 bits per heavy atom. The van der Waals surface area contributed by atoms with E-state index < -0.39 is 9.84 Å². The minimum absolute atomic E-state index is 0.0906. The Bertz CT molecular complexity index is 914. The zero-order chi connectivity index (χ0) is 17.3. The minimum atomic E-state index is -3.26. The summed E-state index contributed by atoms with van der Waals surface area (Å²) in [6.07, 6.45) is 1.80. The van der Waals surface area contributed by atoms with Crippen LogP contribution >= 0.6 is 11.6 Å². The molecule has 0 unspecified atom stereocenters. The van der Waals surface area contributed by atoms with Crippen molar-refractivity contribution in [1.82, 2.24) is 5.32 Å². The topological polar surface area (TPSA) is 63.2 Å². The van der Waals surface area contributed by atoms with Crippen LogP contribution in [0, 0.1) is 0 Å². The van der Waals surface area contributed by atoms with Gasteiger partial charge in [0, 0.05) is 23.4 Å². The van der Waals surface area contributed by atoms with E-state index in [0.717, 1.165) is 16.7 Å². The summed E-state index contributed by atoms with van der Waals surface area (Å²) >= 11 is 5.96. The lowest BCUT2D eigenvalue weighted by atomic mass is 9.92. The second kappa shape index (κ2) is 6.42. The van der Waals surface area contributed by atoms with Crippen molar-refractivity contribution in [3.05, 3.63) is 70.3 Å². The SMILES string of the molecule is CS(=O)(=O)c1ccc(/C(=C2\CCNC2=O)c2ccc(Cl)cc2)cc1. The molecule has 1 saturated heterocycles. The third-order valence-corrected chi connectivity index (χ3v) is 5.32. The first-order valence-electron chi connectivity index (χ1n) is 7.44. The molecule has 6 heteroatoms. The number of hydrogen-bond donors (Lipinski definition) is 1. The van der Waals surface area contributed by atoms with Crippen LogP contribution in [-0.4, -0.2) is 27.1 Å². The van der Waals surface area contributed by atoms with Crippen LogP contribution in [-0.2, 0) is 14.6 Å². The van der Waals surface area contributed by atoms with Gasteiger partial charge in [0.25, 0.3) is 0 Å². The fourth-order valence-corrected chi connectivity index (χ4v) is 3.52. The van der Waals surface area contributed by atoms with Crippen LogP contribution in [0.4, 0.5) is 0 Å². The first-order valence-corrected chi connectivity index (χ1v) is 9.71. The van der Waals surface area contributed by atoms with Crippen molar-refractivity contribution in [2.75, 3.05) is 12.8 Å². The van der Waals surface area contributed by atoms with E-state index in [9.17, 15) is 13.2 Å². The van der Waals surface area contributed by atoms with E-state index in [-0.39, 0.29) is 10.8 Å². The molecular weight excluding hydrogens is 346 g/mol. The van der Waals surface area contributed by atoms with Crippen LogP contribution in [0.1, 0.15) is 17.5 Å². The predicted molar refractivity (Wildman–Crippen MR) is 94.7 cm³/mol. The van der Waals surface area contributed by atoms with E-state index in [1.165, 1.54) is 6.26 Å². The van der Waals surface area contributed by atoms with Crippen molar-refractivity contribution >= 4 is 32.9 Å². The number of halogens is 1. The summed E-state index contributed by atoms with van der Waals surface area (Å²) in [5, 5.41) is 3.43. The lowest BCUT2D eigenvalue weighted by Gasteiger charge is -2.12. The number of sulfone groups is 1. The van der Waals surface area contributed by atoms with E-state index in [1.807, 2.05) is 12.1 Å². The Kier molecular flexibility index (Phi) is 4.47. The van der Waals surface area contributed by atoms with Crippen LogP contribution in [0.25, 0.3) is 5.57 Å². The zero-order valence-corrected chi connectivity index (χ0v) is 14.6. The van der Waals surface area contributed by atoms with Crippen LogP contribution < -0.4 is 5.32 Å². The number of amides is 1. The number of benzene rings is 2. The van der Waals surface area contributed by atoms with Gasteiger partial charge in [-0.2, -0.15) is 0 Å². The van der Waals surface area contributed by atoms with Gasteiger partial charge in [-0.3, -0.25) is 4.79 Å². The zero-order valence-electron chi connectivity index (χ0n) is 13.0. The molecule has 0 atom stereocenters. The Morgan fingerprint density at radius 2 is 1.54 bits per heavy atom. The maximum Gasteiger partial charge on any atom is 0.247 e. The molecule has 0 radical (unpaired) electrons. The second-order valence-electron chi connectivity index (χ2n) is 5.66. The van der Waals surface area contributed by atoms with E-state index in [0.29, 0.717) is 23.6 Å². The number of hydrogen-bond acceptors (Lipinski definition) is 3. The molecule has 3 rings (SSSR count). The van der Waals surface area contributed by atoms with E-state index >= 15 is 0 Å². The summed E-state index contributed by atoms with van der Waals surface area (Å²) in [6, 6.07) is 13.9. The highest BCUT2D eigenvalue weighted by molar-refractivity contribution is 7.90. The molecule has 1 aliphatic heterocycles. The van der Waals surface area contributed by atoms with Gasteiger partial charge in [-0.05, 0) is 47.4 Å². The molecule has 0 bridgehead atoms. The van der Waals surface area contributed by atoms with Gasteiger partial charge in [0.15, 0.2) is 9.84 Å². The van der Waals surface area contributed by atoms with Gasteiger partial charge in [-0.15, -0.1) is 0 Å². The highest BCUT2D eigenvalue weighted by Crippen LogP contribution is 2.31. The average Bonchev–Trinajstić information content (AvgIpc) is 2.95. The third kappa shape index (κ3) is 3.37. The van der Waals surface area contributed by atoms with Crippen LogP contribution in [0.2, 0.25) is 5.02 Å². The third-order valence-electron chi connectivity index (χ3n) is 3.94. The number of carbonyl (C=O) groups excluding carboxylic acids is 1. The largest absolute Gasteiger partial charge is 0.352 e. The van der Waals surface area contributed by atoms with Crippen molar-refractivity contribution in [2.24, 2.45) is 0 Å². The first kappa shape index (κ1) is 16.7. The van der Waals surface area contributed by atoms with Crippen molar-refractivity contribution in [1.29, 1.82) is 0 Å². The number of nitrogens with one attached hydrogen (secondary N) is 1. The maximum atomic E-state index is 12.2. The Labute approximate surface area is 146 Å². The van der Waals surface area contributed by atoms with Gasteiger partial charge in [-0.25, -0.2) is 8.42 Å². The van der Waals surface area contributed by atoms with Crippen LogP contribution in [0.3, 0.4) is 0 Å². The average molecular weight is 362 g/mol. The maximum absolute atomic E-state index is 12.2. The molecule has 0 aliphatic carbocycles. The Hall–Kier alpha value is -2.11. The minimum Gasteiger partial charge on any atom is -0.352 e. The molecule has 124 valence electrons. The molecule has 1 heterocycles. The standard InChI is InChI=1S/C18H16ClNO3S/c1-24(22,23)15-8-4-13(5-9-15)17(16-10-11-20-18(16)21)12-2-6-14(19)7-3-12/h2-9H,10-11H2,1H3,(H,20,21)/b17-16+. The summed E-state index contributed by atoms with van der Waals surface area (Å²) < 4.78 is 23.3. The summed E-state index contributed by atoms with van der Waals surface area (Å²) in [5.74, 6) is -0.0906. The van der Waals surface area contributed by atoms with Crippen molar-refractivity contribution in [3.63, 3.8) is 0 Å². The van der Waals surface area contributed by atoms with Crippen LogP contribution in [0.15, 0.2) is 59.0 Å². The van der Waals surface area contributed by atoms with E-state index in [2.05, 4.69) is 5.32 Å². The fourth-order valence-electron chi connectivity index (χ4n) is 2.76. The lowest BCUT2D eigenvalue weighted by molar-refractivity contribution is -0.116. The molecule has 4 nitrogen and oxygen atoms in total. The smallest absolute Gasteiger partial charge is 0.247 e. The molecule has 2 aromatic rings. The summed E-state index contributed by atoms with van der Waals surface area (Å²) in [6.45, 7) is 0.604. The summed E-state index contributed by atoms with van der Waals surface area (Å²) in [5.41, 5.74) is 3.18. The van der Waals surface area contributed by atoms with Gasteiger partial charge >= 0.3 is 0 Å². The van der Waals surface area contributed by atoms with Gasteiger partial charge in [0.1, 0.15) is 0 Å². The Morgan fingerprint density at radius 1 is 1.00 bits per heavy atom. The molecule has 2 aromatic carbocycles. The monoisotopic (exact) mass is 361 g/mol. The van der Waals surface area contributed by atoms with Gasteiger partial charge in [0.05, 0.1) is 4.90 Å². The molecule has 0 spiro atoms.